The number of hydrogen-bond acceptors (Lipinski definition) is 3. The van der Waals surface area contributed by atoms with E-state index in [9.17, 15) is 9.90 Å². The van der Waals surface area contributed by atoms with Gasteiger partial charge in [0, 0.05) is 19.6 Å². The van der Waals surface area contributed by atoms with Gasteiger partial charge in [0.15, 0.2) is 0 Å². The second-order valence-corrected chi connectivity index (χ2v) is 6.85. The Balaban J connectivity index is 1.52. The third-order valence-corrected chi connectivity index (χ3v) is 4.74. The Labute approximate surface area is 149 Å². The van der Waals surface area contributed by atoms with Crippen molar-refractivity contribution in [3.63, 3.8) is 0 Å². The maximum atomic E-state index is 12.3. The van der Waals surface area contributed by atoms with Crippen molar-refractivity contribution in [2.45, 2.75) is 25.5 Å². The normalized spacial score (nSPS) is 15.6. The molecule has 1 amide bonds. The SMILES string of the molecule is CN(CC(=O)N1CCC(O)CC1)Cc1ccc(-c2ccccc2)cc1. The Hall–Kier alpha value is -2.17. The molecule has 4 heteroatoms. The van der Waals surface area contributed by atoms with Crippen LogP contribution in [-0.4, -0.2) is 53.6 Å². The van der Waals surface area contributed by atoms with Gasteiger partial charge in [-0.1, -0.05) is 54.6 Å². The molecule has 0 atom stereocenters. The van der Waals surface area contributed by atoms with Gasteiger partial charge in [-0.2, -0.15) is 0 Å². The maximum absolute atomic E-state index is 12.3. The van der Waals surface area contributed by atoms with Gasteiger partial charge < -0.3 is 10.0 Å². The lowest BCUT2D eigenvalue weighted by molar-refractivity contribution is -0.134. The van der Waals surface area contributed by atoms with Gasteiger partial charge in [-0.3, -0.25) is 9.69 Å². The van der Waals surface area contributed by atoms with Gasteiger partial charge in [0.2, 0.25) is 5.91 Å². The summed E-state index contributed by atoms with van der Waals surface area (Å²) in [5.74, 6) is 0.148. The number of aliphatic hydroxyl groups excluding tert-OH is 1. The Bertz CT molecular complexity index is 677. The summed E-state index contributed by atoms with van der Waals surface area (Å²) in [4.78, 5) is 16.3. The topological polar surface area (TPSA) is 43.8 Å². The molecule has 4 nitrogen and oxygen atoms in total. The van der Waals surface area contributed by atoms with Gasteiger partial charge in [-0.05, 0) is 36.6 Å². The van der Waals surface area contributed by atoms with Crippen molar-refractivity contribution < 1.29 is 9.90 Å². The largest absolute Gasteiger partial charge is 0.393 e. The van der Waals surface area contributed by atoms with E-state index in [1.807, 2.05) is 35.0 Å². The summed E-state index contributed by atoms with van der Waals surface area (Å²) >= 11 is 0. The first-order valence-electron chi connectivity index (χ1n) is 8.90. The van der Waals surface area contributed by atoms with E-state index in [4.69, 9.17) is 0 Å². The molecule has 0 spiro atoms. The molecule has 1 heterocycles. The standard InChI is InChI=1S/C21H26N2O2/c1-22(16-21(25)23-13-11-20(24)12-14-23)15-17-7-9-19(10-8-17)18-5-3-2-4-6-18/h2-10,20,24H,11-16H2,1H3. The number of hydrogen-bond donors (Lipinski definition) is 1. The van der Waals surface area contributed by atoms with E-state index in [0.29, 0.717) is 32.5 Å². The van der Waals surface area contributed by atoms with Crippen LogP contribution in [0.3, 0.4) is 0 Å². The summed E-state index contributed by atoms with van der Waals surface area (Å²) in [6, 6.07) is 18.8. The summed E-state index contributed by atoms with van der Waals surface area (Å²) < 4.78 is 0. The molecule has 1 aliphatic rings. The van der Waals surface area contributed by atoms with Crippen LogP contribution in [0.15, 0.2) is 54.6 Å². The number of likely N-dealkylation sites (tertiary alicyclic amines) is 1. The van der Waals surface area contributed by atoms with Gasteiger partial charge in [0.25, 0.3) is 0 Å². The molecule has 1 N–H and O–H groups in total. The third kappa shape index (κ3) is 4.91. The van der Waals surface area contributed by atoms with Crippen LogP contribution in [0.4, 0.5) is 0 Å². The van der Waals surface area contributed by atoms with Crippen molar-refractivity contribution >= 4 is 5.91 Å². The van der Waals surface area contributed by atoms with Crippen molar-refractivity contribution in [3.05, 3.63) is 60.2 Å². The van der Waals surface area contributed by atoms with Crippen molar-refractivity contribution in [1.82, 2.24) is 9.80 Å². The first-order chi connectivity index (χ1) is 12.1. The fourth-order valence-electron chi connectivity index (χ4n) is 3.25. The molecule has 1 saturated heterocycles. The Morgan fingerprint density at radius 1 is 1.04 bits per heavy atom. The van der Waals surface area contributed by atoms with E-state index >= 15 is 0 Å². The first kappa shape index (κ1) is 17.6. The highest BCUT2D eigenvalue weighted by molar-refractivity contribution is 5.78. The zero-order chi connectivity index (χ0) is 17.6. The fourth-order valence-corrected chi connectivity index (χ4v) is 3.25. The van der Waals surface area contributed by atoms with E-state index in [2.05, 4.69) is 36.4 Å². The zero-order valence-corrected chi connectivity index (χ0v) is 14.8. The van der Waals surface area contributed by atoms with E-state index in [-0.39, 0.29) is 12.0 Å². The van der Waals surface area contributed by atoms with Crippen LogP contribution in [0, 0.1) is 0 Å². The van der Waals surface area contributed by atoms with Crippen LogP contribution in [0.2, 0.25) is 0 Å². The predicted molar refractivity (Wildman–Crippen MR) is 100 cm³/mol. The minimum absolute atomic E-state index is 0.148. The zero-order valence-electron chi connectivity index (χ0n) is 14.8. The number of aliphatic hydroxyl groups is 1. The summed E-state index contributed by atoms with van der Waals surface area (Å²) in [6.07, 6.45) is 1.14. The van der Waals surface area contributed by atoms with Gasteiger partial charge >= 0.3 is 0 Å². The molecule has 0 aliphatic carbocycles. The van der Waals surface area contributed by atoms with E-state index in [1.165, 1.54) is 16.7 Å². The highest BCUT2D eigenvalue weighted by Gasteiger charge is 2.21. The number of piperidine rings is 1. The molecule has 1 fully saturated rings. The predicted octanol–water partition coefficient (Wildman–Crippen LogP) is 2.77. The first-order valence-corrected chi connectivity index (χ1v) is 8.90. The van der Waals surface area contributed by atoms with E-state index < -0.39 is 0 Å². The molecule has 0 aromatic heterocycles. The quantitative estimate of drug-likeness (QED) is 0.912. The summed E-state index contributed by atoms with van der Waals surface area (Å²) in [7, 11) is 1.97. The van der Waals surface area contributed by atoms with Crippen molar-refractivity contribution in [3.8, 4) is 11.1 Å². The number of amides is 1. The molecule has 0 radical (unpaired) electrons. The number of benzene rings is 2. The van der Waals surface area contributed by atoms with Crippen molar-refractivity contribution in [2.24, 2.45) is 0 Å². The molecule has 3 rings (SSSR count). The molecule has 25 heavy (non-hydrogen) atoms. The van der Waals surface area contributed by atoms with E-state index in [1.54, 1.807) is 0 Å². The lowest BCUT2D eigenvalue weighted by Gasteiger charge is -2.31. The Morgan fingerprint density at radius 2 is 1.64 bits per heavy atom. The molecule has 1 aliphatic heterocycles. The van der Waals surface area contributed by atoms with Crippen LogP contribution in [0.5, 0.6) is 0 Å². The Morgan fingerprint density at radius 3 is 2.28 bits per heavy atom. The van der Waals surface area contributed by atoms with Gasteiger partial charge in [-0.25, -0.2) is 0 Å². The van der Waals surface area contributed by atoms with Crippen LogP contribution in [0.1, 0.15) is 18.4 Å². The number of likely N-dealkylation sites (N-methyl/N-ethyl adjacent to an activating group) is 1. The smallest absolute Gasteiger partial charge is 0.236 e. The average molecular weight is 338 g/mol. The highest BCUT2D eigenvalue weighted by Crippen LogP contribution is 2.19. The Kier molecular flexibility index (Phi) is 5.84. The van der Waals surface area contributed by atoms with Crippen LogP contribution < -0.4 is 0 Å². The third-order valence-electron chi connectivity index (χ3n) is 4.74. The minimum atomic E-state index is -0.245. The molecule has 0 saturated carbocycles. The minimum Gasteiger partial charge on any atom is -0.393 e. The van der Waals surface area contributed by atoms with Gasteiger partial charge in [-0.15, -0.1) is 0 Å². The summed E-state index contributed by atoms with van der Waals surface area (Å²) in [5.41, 5.74) is 3.61. The van der Waals surface area contributed by atoms with Crippen LogP contribution in [0.25, 0.3) is 11.1 Å². The lowest BCUT2D eigenvalue weighted by atomic mass is 10.0. The lowest BCUT2D eigenvalue weighted by Crippen LogP contribution is -2.44. The average Bonchev–Trinajstić information content (AvgIpc) is 2.63. The van der Waals surface area contributed by atoms with Gasteiger partial charge in [0.05, 0.1) is 12.6 Å². The molecule has 2 aromatic carbocycles. The monoisotopic (exact) mass is 338 g/mol. The second-order valence-electron chi connectivity index (χ2n) is 6.85. The highest BCUT2D eigenvalue weighted by atomic mass is 16.3. The molecule has 0 unspecified atom stereocenters. The van der Waals surface area contributed by atoms with Crippen molar-refractivity contribution in [2.75, 3.05) is 26.7 Å². The molecule has 0 bridgehead atoms. The second kappa shape index (κ2) is 8.28. The maximum Gasteiger partial charge on any atom is 0.236 e. The molecule has 132 valence electrons. The molecule has 2 aromatic rings. The molecular weight excluding hydrogens is 312 g/mol. The van der Waals surface area contributed by atoms with Crippen LogP contribution >= 0.6 is 0 Å². The van der Waals surface area contributed by atoms with E-state index in [0.717, 1.165) is 6.54 Å². The summed E-state index contributed by atoms with van der Waals surface area (Å²) in [5, 5.41) is 9.54. The fraction of sp³-hybridized carbons (Fsp3) is 0.381. The summed E-state index contributed by atoms with van der Waals surface area (Å²) in [6.45, 7) is 2.49. The van der Waals surface area contributed by atoms with Gasteiger partial charge in [0.1, 0.15) is 0 Å². The number of carbonyl (C=O) groups is 1. The number of carbonyl (C=O) groups excluding carboxylic acids is 1. The molecular formula is C21H26N2O2. The number of nitrogens with zero attached hydrogens (tertiary/aromatic N) is 2. The number of rotatable bonds is 5. The van der Waals surface area contributed by atoms with Crippen molar-refractivity contribution in [1.29, 1.82) is 0 Å². The van der Waals surface area contributed by atoms with Crippen LogP contribution in [-0.2, 0) is 11.3 Å².